The van der Waals surface area contributed by atoms with Gasteiger partial charge in [-0.15, -0.1) is 0 Å². The summed E-state index contributed by atoms with van der Waals surface area (Å²) < 4.78 is 18.9. The molecule has 0 aromatic heterocycles. The Morgan fingerprint density at radius 1 is 1.14 bits per heavy atom. The molecule has 2 nitrogen and oxygen atoms in total. The van der Waals surface area contributed by atoms with Crippen LogP contribution in [0, 0.1) is 5.82 Å². The Bertz CT molecular complexity index is 571. The lowest BCUT2D eigenvalue weighted by atomic mass is 9.91. The van der Waals surface area contributed by atoms with Crippen LogP contribution in [0.1, 0.15) is 24.0 Å². The van der Waals surface area contributed by atoms with Gasteiger partial charge in [0.2, 0.25) is 0 Å². The first-order valence-corrected chi connectivity index (χ1v) is 7.32. The van der Waals surface area contributed by atoms with E-state index in [1.807, 2.05) is 24.3 Å². The second-order valence-corrected chi connectivity index (χ2v) is 5.08. The van der Waals surface area contributed by atoms with Crippen molar-refractivity contribution in [3.63, 3.8) is 0 Å². The van der Waals surface area contributed by atoms with Crippen LogP contribution in [0.3, 0.4) is 0 Å². The predicted molar refractivity (Wildman–Crippen MR) is 84.4 cm³/mol. The number of likely N-dealkylation sites (N-methyl/N-ethyl adjacent to an activating group) is 1. The molecular weight excluding hydrogens is 265 g/mol. The first kappa shape index (κ1) is 15.5. The molecule has 0 amide bonds. The standard InChI is InChI=1S/C18H22FNO/c1-3-20-13-16(14-8-6-9-17(19)12-14)11-15-7-4-5-10-18(15)21-2/h4-10,12,16,20H,3,11,13H2,1-2H3. The van der Waals surface area contributed by atoms with Gasteiger partial charge in [-0.3, -0.25) is 0 Å². The zero-order chi connectivity index (χ0) is 15.1. The third-order valence-corrected chi connectivity index (χ3v) is 3.62. The van der Waals surface area contributed by atoms with Crippen LogP contribution in [0.4, 0.5) is 4.39 Å². The molecule has 0 fully saturated rings. The SMILES string of the molecule is CCNCC(Cc1ccccc1OC)c1cccc(F)c1. The van der Waals surface area contributed by atoms with Crippen molar-refractivity contribution >= 4 is 0 Å². The Kier molecular flexibility index (Phi) is 5.76. The van der Waals surface area contributed by atoms with E-state index in [2.05, 4.69) is 18.3 Å². The van der Waals surface area contributed by atoms with E-state index in [0.29, 0.717) is 0 Å². The number of halogens is 1. The van der Waals surface area contributed by atoms with Crippen molar-refractivity contribution < 1.29 is 9.13 Å². The Labute approximate surface area is 126 Å². The fourth-order valence-corrected chi connectivity index (χ4v) is 2.52. The number of nitrogens with one attached hydrogen (secondary N) is 1. The lowest BCUT2D eigenvalue weighted by molar-refractivity contribution is 0.407. The summed E-state index contributed by atoms with van der Waals surface area (Å²) in [4.78, 5) is 0. The van der Waals surface area contributed by atoms with Gasteiger partial charge >= 0.3 is 0 Å². The monoisotopic (exact) mass is 287 g/mol. The van der Waals surface area contributed by atoms with Crippen LogP contribution in [0.5, 0.6) is 5.75 Å². The van der Waals surface area contributed by atoms with Gasteiger partial charge < -0.3 is 10.1 Å². The largest absolute Gasteiger partial charge is 0.496 e. The molecular formula is C18H22FNO. The van der Waals surface area contributed by atoms with E-state index in [1.165, 1.54) is 6.07 Å². The third-order valence-electron chi connectivity index (χ3n) is 3.62. The highest BCUT2D eigenvalue weighted by molar-refractivity contribution is 5.35. The molecule has 1 atom stereocenters. The van der Waals surface area contributed by atoms with E-state index >= 15 is 0 Å². The number of hydrogen-bond acceptors (Lipinski definition) is 2. The fourth-order valence-electron chi connectivity index (χ4n) is 2.52. The van der Waals surface area contributed by atoms with E-state index in [-0.39, 0.29) is 11.7 Å². The number of methoxy groups -OCH3 is 1. The van der Waals surface area contributed by atoms with Crippen molar-refractivity contribution in [3.05, 3.63) is 65.5 Å². The molecule has 0 aliphatic rings. The third kappa shape index (κ3) is 4.30. The van der Waals surface area contributed by atoms with Gasteiger partial charge in [-0.1, -0.05) is 37.3 Å². The fraction of sp³-hybridized carbons (Fsp3) is 0.333. The second kappa shape index (κ2) is 7.79. The number of ether oxygens (including phenoxy) is 1. The van der Waals surface area contributed by atoms with Gasteiger partial charge in [0.15, 0.2) is 0 Å². The summed E-state index contributed by atoms with van der Waals surface area (Å²) >= 11 is 0. The molecule has 0 aliphatic heterocycles. The quantitative estimate of drug-likeness (QED) is 0.837. The zero-order valence-electron chi connectivity index (χ0n) is 12.6. The molecule has 1 N–H and O–H groups in total. The van der Waals surface area contributed by atoms with Gasteiger partial charge in [0.1, 0.15) is 11.6 Å². The summed E-state index contributed by atoms with van der Waals surface area (Å²) in [7, 11) is 1.68. The lowest BCUT2D eigenvalue weighted by Crippen LogP contribution is -2.23. The van der Waals surface area contributed by atoms with Crippen molar-refractivity contribution in [2.24, 2.45) is 0 Å². The smallest absolute Gasteiger partial charge is 0.123 e. The second-order valence-electron chi connectivity index (χ2n) is 5.08. The van der Waals surface area contributed by atoms with Gasteiger partial charge in [0.05, 0.1) is 7.11 Å². The van der Waals surface area contributed by atoms with Gasteiger partial charge in [-0.2, -0.15) is 0 Å². The minimum absolute atomic E-state index is 0.186. The number of para-hydroxylation sites is 1. The molecule has 3 heteroatoms. The average molecular weight is 287 g/mol. The highest BCUT2D eigenvalue weighted by Crippen LogP contribution is 2.26. The van der Waals surface area contributed by atoms with Crippen molar-refractivity contribution in [1.82, 2.24) is 5.32 Å². The van der Waals surface area contributed by atoms with Crippen LogP contribution in [-0.2, 0) is 6.42 Å². The summed E-state index contributed by atoms with van der Waals surface area (Å²) in [5, 5.41) is 3.36. The summed E-state index contributed by atoms with van der Waals surface area (Å²) in [6, 6.07) is 14.9. The number of hydrogen-bond donors (Lipinski definition) is 1. The van der Waals surface area contributed by atoms with E-state index in [4.69, 9.17) is 4.74 Å². The summed E-state index contributed by atoms with van der Waals surface area (Å²) in [5.41, 5.74) is 2.16. The summed E-state index contributed by atoms with van der Waals surface area (Å²) in [6.45, 7) is 3.79. The van der Waals surface area contributed by atoms with Crippen LogP contribution < -0.4 is 10.1 Å². The lowest BCUT2D eigenvalue weighted by Gasteiger charge is -2.19. The van der Waals surface area contributed by atoms with Crippen LogP contribution in [-0.4, -0.2) is 20.2 Å². The molecule has 0 aliphatic carbocycles. The van der Waals surface area contributed by atoms with Crippen molar-refractivity contribution in [2.75, 3.05) is 20.2 Å². The maximum Gasteiger partial charge on any atom is 0.123 e. The van der Waals surface area contributed by atoms with Gasteiger partial charge in [0, 0.05) is 12.5 Å². The molecule has 2 aromatic rings. The van der Waals surface area contributed by atoms with Crippen molar-refractivity contribution in [3.8, 4) is 5.75 Å². The Morgan fingerprint density at radius 2 is 1.95 bits per heavy atom. The highest BCUT2D eigenvalue weighted by Gasteiger charge is 2.15. The first-order chi connectivity index (χ1) is 10.2. The molecule has 0 bridgehead atoms. The minimum atomic E-state index is -0.186. The molecule has 2 rings (SSSR count). The summed E-state index contributed by atoms with van der Waals surface area (Å²) in [6.07, 6.45) is 0.820. The van der Waals surface area contributed by atoms with E-state index in [9.17, 15) is 4.39 Å². The molecule has 0 saturated heterocycles. The van der Waals surface area contributed by atoms with Gasteiger partial charge in [-0.05, 0) is 42.3 Å². The average Bonchev–Trinajstić information content (AvgIpc) is 2.51. The topological polar surface area (TPSA) is 21.3 Å². The maximum absolute atomic E-state index is 13.5. The molecule has 21 heavy (non-hydrogen) atoms. The number of rotatable bonds is 7. The van der Waals surface area contributed by atoms with Crippen LogP contribution in [0.15, 0.2) is 48.5 Å². The minimum Gasteiger partial charge on any atom is -0.496 e. The first-order valence-electron chi connectivity index (χ1n) is 7.32. The Hall–Kier alpha value is -1.87. The molecule has 1 unspecified atom stereocenters. The van der Waals surface area contributed by atoms with Crippen molar-refractivity contribution in [2.45, 2.75) is 19.3 Å². The van der Waals surface area contributed by atoms with E-state index < -0.39 is 0 Å². The molecule has 0 heterocycles. The molecule has 112 valence electrons. The maximum atomic E-state index is 13.5. The normalized spacial score (nSPS) is 12.1. The highest BCUT2D eigenvalue weighted by atomic mass is 19.1. The Morgan fingerprint density at radius 3 is 2.67 bits per heavy atom. The van der Waals surface area contributed by atoms with E-state index in [0.717, 1.165) is 36.4 Å². The molecule has 0 radical (unpaired) electrons. The molecule has 0 saturated carbocycles. The van der Waals surface area contributed by atoms with Crippen LogP contribution in [0.25, 0.3) is 0 Å². The van der Waals surface area contributed by atoms with Crippen LogP contribution in [0.2, 0.25) is 0 Å². The van der Waals surface area contributed by atoms with E-state index in [1.54, 1.807) is 19.2 Å². The zero-order valence-corrected chi connectivity index (χ0v) is 12.6. The van der Waals surface area contributed by atoms with Gasteiger partial charge in [0.25, 0.3) is 0 Å². The van der Waals surface area contributed by atoms with Gasteiger partial charge in [-0.25, -0.2) is 4.39 Å². The van der Waals surface area contributed by atoms with Crippen LogP contribution >= 0.6 is 0 Å². The number of benzene rings is 2. The molecule has 0 spiro atoms. The van der Waals surface area contributed by atoms with Crippen molar-refractivity contribution in [1.29, 1.82) is 0 Å². The predicted octanol–water partition coefficient (Wildman–Crippen LogP) is 3.77. The molecule has 2 aromatic carbocycles. The Balaban J connectivity index is 2.24. The summed E-state index contributed by atoms with van der Waals surface area (Å²) in [5.74, 6) is 0.918.